The summed E-state index contributed by atoms with van der Waals surface area (Å²) in [7, 11) is 3.44. The van der Waals surface area contributed by atoms with Crippen LogP contribution in [0.25, 0.3) is 0 Å². The number of guanidine groups is 1. The third-order valence-corrected chi connectivity index (χ3v) is 4.95. The zero-order chi connectivity index (χ0) is 22.6. The van der Waals surface area contributed by atoms with Gasteiger partial charge >= 0.3 is 6.09 Å². The molecule has 0 aliphatic carbocycles. The minimum absolute atomic E-state index is 0.0404. The number of piperidine rings is 1. The predicted molar refractivity (Wildman–Crippen MR) is 120 cm³/mol. The third kappa shape index (κ3) is 7.99. The second kappa shape index (κ2) is 12.7. The number of aliphatic imine (C=N–C) groups is 1. The van der Waals surface area contributed by atoms with Crippen molar-refractivity contribution in [2.75, 3.05) is 46.9 Å². The number of para-hydroxylation sites is 1. The number of benzene rings is 1. The fraction of sp³-hybridized carbons (Fsp3) is 0.591. The molecule has 1 aromatic carbocycles. The lowest BCUT2D eigenvalue weighted by Gasteiger charge is -2.32. The lowest BCUT2D eigenvalue weighted by atomic mass is 10.1. The van der Waals surface area contributed by atoms with E-state index in [1.165, 1.54) is 4.90 Å². The van der Waals surface area contributed by atoms with Gasteiger partial charge in [-0.15, -0.1) is 0 Å². The molecule has 2 N–H and O–H groups in total. The van der Waals surface area contributed by atoms with E-state index in [4.69, 9.17) is 9.47 Å². The molecule has 31 heavy (non-hydrogen) atoms. The van der Waals surface area contributed by atoms with E-state index in [0.29, 0.717) is 38.8 Å². The molecule has 0 saturated carbocycles. The number of amides is 2. The van der Waals surface area contributed by atoms with Gasteiger partial charge in [-0.25, -0.2) is 9.79 Å². The van der Waals surface area contributed by atoms with Gasteiger partial charge < -0.3 is 29.9 Å². The van der Waals surface area contributed by atoms with Gasteiger partial charge in [-0.2, -0.15) is 0 Å². The largest absolute Gasteiger partial charge is 0.494 e. The van der Waals surface area contributed by atoms with E-state index in [1.54, 1.807) is 25.9 Å². The number of nitrogens with one attached hydrogen (secondary N) is 2. The average molecular weight is 434 g/mol. The van der Waals surface area contributed by atoms with Crippen LogP contribution >= 0.6 is 0 Å². The molecule has 2 rings (SSSR count). The van der Waals surface area contributed by atoms with Gasteiger partial charge in [0.2, 0.25) is 5.91 Å². The van der Waals surface area contributed by atoms with E-state index in [0.717, 1.165) is 24.2 Å². The highest BCUT2D eigenvalue weighted by atomic mass is 16.6. The van der Waals surface area contributed by atoms with Gasteiger partial charge in [-0.05, 0) is 32.8 Å². The lowest BCUT2D eigenvalue weighted by Crippen LogP contribution is -2.51. The Kier molecular flexibility index (Phi) is 9.93. The quantitative estimate of drug-likeness (QED) is 0.480. The maximum atomic E-state index is 12.0. The Labute approximate surface area is 184 Å². The Morgan fingerprint density at radius 2 is 1.87 bits per heavy atom. The van der Waals surface area contributed by atoms with Crippen molar-refractivity contribution in [3.05, 3.63) is 29.8 Å². The maximum absolute atomic E-state index is 12.0. The summed E-state index contributed by atoms with van der Waals surface area (Å²) in [5, 5.41) is 6.54. The van der Waals surface area contributed by atoms with Crippen LogP contribution in [0.4, 0.5) is 4.79 Å². The van der Waals surface area contributed by atoms with Crippen molar-refractivity contribution in [1.82, 2.24) is 20.4 Å². The summed E-state index contributed by atoms with van der Waals surface area (Å²) < 4.78 is 10.8. The molecule has 1 heterocycles. The first-order valence-corrected chi connectivity index (χ1v) is 10.8. The number of likely N-dealkylation sites (tertiary alicyclic amines) is 1. The van der Waals surface area contributed by atoms with Crippen LogP contribution in [-0.2, 0) is 16.1 Å². The summed E-state index contributed by atoms with van der Waals surface area (Å²) in [5.74, 6) is 1.33. The predicted octanol–water partition coefficient (Wildman–Crippen LogP) is 1.83. The first kappa shape index (κ1) is 24.3. The van der Waals surface area contributed by atoms with Gasteiger partial charge in [0.25, 0.3) is 0 Å². The van der Waals surface area contributed by atoms with E-state index < -0.39 is 0 Å². The summed E-state index contributed by atoms with van der Waals surface area (Å²) in [6.07, 6.45) is 1.28. The number of likely N-dealkylation sites (N-methyl/N-ethyl adjacent to an activating group) is 1. The maximum Gasteiger partial charge on any atom is 0.409 e. The smallest absolute Gasteiger partial charge is 0.409 e. The number of hydrogen-bond acceptors (Lipinski definition) is 5. The molecule has 9 heteroatoms. The minimum Gasteiger partial charge on any atom is -0.494 e. The van der Waals surface area contributed by atoms with Crippen molar-refractivity contribution < 1.29 is 19.1 Å². The molecule has 0 unspecified atom stereocenters. The Bertz CT molecular complexity index is 745. The van der Waals surface area contributed by atoms with E-state index >= 15 is 0 Å². The molecule has 1 aromatic rings. The van der Waals surface area contributed by atoms with Crippen LogP contribution in [0.15, 0.2) is 29.3 Å². The molecular formula is C22H35N5O4. The molecule has 0 atom stereocenters. The molecule has 2 amide bonds. The van der Waals surface area contributed by atoms with E-state index in [-0.39, 0.29) is 24.6 Å². The minimum atomic E-state index is -0.267. The molecule has 172 valence electrons. The van der Waals surface area contributed by atoms with E-state index in [1.807, 2.05) is 31.2 Å². The molecular weight excluding hydrogens is 398 g/mol. The van der Waals surface area contributed by atoms with Crippen LogP contribution in [0.1, 0.15) is 32.3 Å². The first-order valence-electron chi connectivity index (χ1n) is 10.8. The van der Waals surface area contributed by atoms with Crippen molar-refractivity contribution in [3.63, 3.8) is 0 Å². The summed E-state index contributed by atoms with van der Waals surface area (Å²) in [5.41, 5.74) is 0.974. The highest BCUT2D eigenvalue weighted by molar-refractivity contribution is 5.86. The molecule has 0 aromatic heterocycles. The normalized spacial score (nSPS) is 14.7. The molecule has 0 spiro atoms. The second-order valence-corrected chi connectivity index (χ2v) is 7.45. The summed E-state index contributed by atoms with van der Waals surface area (Å²) in [4.78, 5) is 31.9. The van der Waals surface area contributed by atoms with Crippen LogP contribution in [0, 0.1) is 0 Å². The van der Waals surface area contributed by atoms with Crippen LogP contribution < -0.4 is 15.4 Å². The molecule has 0 radical (unpaired) electrons. The van der Waals surface area contributed by atoms with Crippen molar-refractivity contribution >= 4 is 18.0 Å². The highest BCUT2D eigenvalue weighted by Crippen LogP contribution is 2.19. The Hall–Kier alpha value is -2.97. The standard InChI is InChI=1S/C22H35N5O4/c1-5-30-19-10-8-7-9-17(19)15-23-21(24-16-20(28)26(3)4)25-18-11-13-27(14-12-18)22(29)31-6-2/h7-10,18H,5-6,11-16H2,1-4H3,(H2,23,24,25). The Morgan fingerprint density at radius 1 is 1.16 bits per heavy atom. The van der Waals surface area contributed by atoms with Crippen LogP contribution in [-0.4, -0.2) is 80.7 Å². The second-order valence-electron chi connectivity index (χ2n) is 7.45. The Morgan fingerprint density at radius 3 is 2.52 bits per heavy atom. The van der Waals surface area contributed by atoms with Gasteiger partial charge in [0.1, 0.15) is 5.75 Å². The highest BCUT2D eigenvalue weighted by Gasteiger charge is 2.24. The zero-order valence-electron chi connectivity index (χ0n) is 19.0. The SMILES string of the molecule is CCOC(=O)N1CCC(NC(=NCc2ccccc2OCC)NCC(=O)N(C)C)CC1. The van der Waals surface area contributed by atoms with Gasteiger partial charge in [-0.3, -0.25) is 4.79 Å². The zero-order valence-corrected chi connectivity index (χ0v) is 19.0. The fourth-order valence-electron chi connectivity index (χ4n) is 3.18. The molecule has 1 saturated heterocycles. The van der Waals surface area contributed by atoms with Crippen molar-refractivity contribution in [2.45, 2.75) is 39.3 Å². The first-order chi connectivity index (χ1) is 14.9. The van der Waals surface area contributed by atoms with Gasteiger partial charge in [-0.1, -0.05) is 18.2 Å². The van der Waals surface area contributed by atoms with Gasteiger partial charge in [0.15, 0.2) is 5.96 Å². The topological polar surface area (TPSA) is 95.5 Å². The molecule has 0 bridgehead atoms. The number of hydrogen-bond donors (Lipinski definition) is 2. The number of carbonyl (C=O) groups is 2. The van der Waals surface area contributed by atoms with Crippen LogP contribution in [0.3, 0.4) is 0 Å². The van der Waals surface area contributed by atoms with Crippen LogP contribution in [0.5, 0.6) is 5.75 Å². The van der Waals surface area contributed by atoms with E-state index in [9.17, 15) is 9.59 Å². The van der Waals surface area contributed by atoms with Crippen molar-refractivity contribution in [3.8, 4) is 5.75 Å². The van der Waals surface area contributed by atoms with Gasteiger partial charge in [0, 0.05) is 38.8 Å². The van der Waals surface area contributed by atoms with E-state index in [2.05, 4.69) is 15.6 Å². The average Bonchev–Trinajstić information content (AvgIpc) is 2.77. The summed E-state index contributed by atoms with van der Waals surface area (Å²) in [6.45, 7) is 6.52. The molecule has 1 aliphatic rings. The fourth-order valence-corrected chi connectivity index (χ4v) is 3.18. The monoisotopic (exact) mass is 433 g/mol. The number of nitrogens with zero attached hydrogens (tertiary/aromatic N) is 3. The van der Waals surface area contributed by atoms with Crippen LogP contribution in [0.2, 0.25) is 0 Å². The van der Waals surface area contributed by atoms with Gasteiger partial charge in [0.05, 0.1) is 26.3 Å². The number of ether oxygens (including phenoxy) is 2. The summed E-state index contributed by atoms with van der Waals surface area (Å²) >= 11 is 0. The molecule has 9 nitrogen and oxygen atoms in total. The molecule has 1 fully saturated rings. The Balaban J connectivity index is 2.02. The van der Waals surface area contributed by atoms with Crippen molar-refractivity contribution in [2.24, 2.45) is 4.99 Å². The number of carbonyl (C=O) groups excluding carboxylic acids is 2. The summed E-state index contributed by atoms with van der Waals surface area (Å²) in [6, 6.07) is 7.94. The number of rotatable bonds is 8. The third-order valence-electron chi connectivity index (χ3n) is 4.95. The van der Waals surface area contributed by atoms with Crippen molar-refractivity contribution in [1.29, 1.82) is 0 Å². The molecule has 1 aliphatic heterocycles. The lowest BCUT2D eigenvalue weighted by molar-refractivity contribution is -0.127.